The van der Waals surface area contributed by atoms with Gasteiger partial charge in [0.25, 0.3) is 0 Å². The van der Waals surface area contributed by atoms with Crippen molar-refractivity contribution in [3.8, 4) is 0 Å². The van der Waals surface area contributed by atoms with Gasteiger partial charge in [-0.2, -0.15) is 0 Å². The van der Waals surface area contributed by atoms with E-state index in [1.807, 2.05) is 6.07 Å². The van der Waals surface area contributed by atoms with E-state index in [9.17, 15) is 16.8 Å². The Kier molecular flexibility index (Phi) is 4.98. The first-order chi connectivity index (χ1) is 10.6. The molecular formula is C15H19NO5S2. The van der Waals surface area contributed by atoms with E-state index in [1.54, 1.807) is 32.0 Å². The molecule has 0 unspecified atom stereocenters. The monoisotopic (exact) mass is 357 g/mol. The molecule has 23 heavy (non-hydrogen) atoms. The van der Waals surface area contributed by atoms with E-state index in [0.29, 0.717) is 5.56 Å². The van der Waals surface area contributed by atoms with E-state index in [0.717, 1.165) is 11.8 Å². The van der Waals surface area contributed by atoms with Gasteiger partial charge in [-0.1, -0.05) is 12.1 Å². The second-order valence-electron chi connectivity index (χ2n) is 5.44. The maximum Gasteiger partial charge on any atom is 0.208 e. The Labute approximate surface area is 136 Å². The molecule has 0 spiro atoms. The quantitative estimate of drug-likeness (QED) is 0.853. The number of rotatable bonds is 6. The maximum atomic E-state index is 13.0. The van der Waals surface area contributed by atoms with Crippen molar-refractivity contribution in [2.45, 2.75) is 24.0 Å². The number of hydrogen-bond donors (Lipinski definition) is 1. The predicted molar refractivity (Wildman–Crippen MR) is 87.4 cm³/mol. The summed E-state index contributed by atoms with van der Waals surface area (Å²) in [6.45, 7) is 3.21. The summed E-state index contributed by atoms with van der Waals surface area (Å²) in [5, 5.41) is -1.13. The van der Waals surface area contributed by atoms with Crippen LogP contribution in [0.2, 0.25) is 0 Å². The second kappa shape index (κ2) is 6.46. The summed E-state index contributed by atoms with van der Waals surface area (Å²) >= 11 is 0. The Balaban J connectivity index is 2.51. The molecule has 2 rings (SSSR count). The Morgan fingerprint density at radius 2 is 1.83 bits per heavy atom. The zero-order valence-electron chi connectivity index (χ0n) is 13.1. The molecule has 0 amide bonds. The van der Waals surface area contributed by atoms with Gasteiger partial charge < -0.3 is 4.42 Å². The summed E-state index contributed by atoms with van der Waals surface area (Å²) < 4.78 is 56.2. The second-order valence-corrected chi connectivity index (χ2v) is 9.37. The maximum absolute atomic E-state index is 13.0. The van der Waals surface area contributed by atoms with E-state index in [4.69, 9.17) is 4.42 Å². The van der Waals surface area contributed by atoms with Crippen LogP contribution in [0.1, 0.15) is 22.1 Å². The van der Waals surface area contributed by atoms with Gasteiger partial charge in [-0.05, 0) is 43.2 Å². The molecule has 126 valence electrons. The molecule has 0 aliphatic carbocycles. The molecule has 1 atom stereocenters. The fraction of sp³-hybridized carbons (Fsp3) is 0.333. The highest BCUT2D eigenvalue weighted by atomic mass is 32.2. The number of benzene rings is 1. The summed E-state index contributed by atoms with van der Waals surface area (Å²) in [5.41, 5.74) is 1.41. The molecule has 1 N–H and O–H groups in total. The highest BCUT2D eigenvalue weighted by molar-refractivity contribution is 7.92. The first-order valence-corrected chi connectivity index (χ1v) is 10.3. The van der Waals surface area contributed by atoms with Crippen molar-refractivity contribution in [3.63, 3.8) is 0 Å². The van der Waals surface area contributed by atoms with Gasteiger partial charge in [0.05, 0.1) is 17.4 Å². The lowest BCUT2D eigenvalue weighted by Gasteiger charge is -2.17. The van der Waals surface area contributed by atoms with Crippen LogP contribution in [-0.4, -0.2) is 29.6 Å². The number of sulfonamides is 1. The average molecular weight is 357 g/mol. The third-order valence-electron chi connectivity index (χ3n) is 3.42. The standard InChI is InChI=1S/C15H19NO5S2/c1-11-6-7-12(2)14(9-11)23(19,20)15(10-16-22(3,17)18)13-5-4-8-21-13/h4-9,15-16H,10H2,1-3H3/t15-/m1/s1. The SMILES string of the molecule is Cc1ccc(C)c(S(=O)(=O)[C@H](CNS(C)(=O)=O)c2ccco2)c1. The number of nitrogens with one attached hydrogen (secondary N) is 1. The minimum atomic E-state index is -3.82. The Morgan fingerprint density at radius 1 is 1.13 bits per heavy atom. The molecule has 0 radical (unpaired) electrons. The Bertz CT molecular complexity index is 884. The molecule has 2 aromatic rings. The van der Waals surface area contributed by atoms with Crippen LogP contribution >= 0.6 is 0 Å². The molecule has 0 bridgehead atoms. The van der Waals surface area contributed by atoms with Gasteiger partial charge in [-0.25, -0.2) is 21.6 Å². The van der Waals surface area contributed by atoms with E-state index in [2.05, 4.69) is 4.72 Å². The average Bonchev–Trinajstić information content (AvgIpc) is 2.94. The van der Waals surface area contributed by atoms with Gasteiger partial charge in [-0.3, -0.25) is 0 Å². The lowest BCUT2D eigenvalue weighted by Crippen LogP contribution is -2.31. The topological polar surface area (TPSA) is 93.5 Å². The van der Waals surface area contributed by atoms with Crippen LogP contribution in [0.25, 0.3) is 0 Å². The van der Waals surface area contributed by atoms with E-state index >= 15 is 0 Å². The minimum absolute atomic E-state index is 0.175. The fourth-order valence-electron chi connectivity index (χ4n) is 2.23. The molecule has 1 aromatic heterocycles. The smallest absolute Gasteiger partial charge is 0.208 e. The van der Waals surface area contributed by atoms with Crippen LogP contribution in [0, 0.1) is 13.8 Å². The zero-order chi connectivity index (χ0) is 17.3. The summed E-state index contributed by atoms with van der Waals surface area (Å²) in [4.78, 5) is 0.175. The Morgan fingerprint density at radius 3 is 2.39 bits per heavy atom. The van der Waals surface area contributed by atoms with Gasteiger partial charge >= 0.3 is 0 Å². The van der Waals surface area contributed by atoms with Crippen LogP contribution in [0.5, 0.6) is 0 Å². The van der Waals surface area contributed by atoms with Crippen LogP contribution < -0.4 is 4.72 Å². The predicted octanol–water partition coefficient (Wildman–Crippen LogP) is 1.96. The zero-order valence-corrected chi connectivity index (χ0v) is 14.7. The van der Waals surface area contributed by atoms with E-state index in [-0.39, 0.29) is 17.2 Å². The van der Waals surface area contributed by atoms with E-state index < -0.39 is 25.1 Å². The molecule has 0 aliphatic rings. The lowest BCUT2D eigenvalue weighted by atomic mass is 10.2. The normalized spacial score (nSPS) is 13.9. The molecule has 1 aromatic carbocycles. The summed E-state index contributed by atoms with van der Waals surface area (Å²) in [6, 6.07) is 8.23. The van der Waals surface area contributed by atoms with Crippen LogP contribution in [0.4, 0.5) is 0 Å². The van der Waals surface area contributed by atoms with E-state index in [1.165, 1.54) is 12.3 Å². The van der Waals surface area contributed by atoms with Crippen molar-refractivity contribution < 1.29 is 21.3 Å². The highest BCUT2D eigenvalue weighted by Gasteiger charge is 2.33. The molecular weight excluding hydrogens is 338 g/mol. The van der Waals surface area contributed by atoms with Gasteiger partial charge in [0.1, 0.15) is 11.0 Å². The van der Waals surface area contributed by atoms with Gasteiger partial charge in [-0.15, -0.1) is 0 Å². The van der Waals surface area contributed by atoms with Gasteiger partial charge in [0, 0.05) is 6.54 Å². The fourth-order valence-corrected chi connectivity index (χ4v) is 4.72. The molecule has 0 fully saturated rings. The third-order valence-corrected chi connectivity index (χ3v) is 6.31. The van der Waals surface area contributed by atoms with Gasteiger partial charge in [0.15, 0.2) is 9.84 Å². The van der Waals surface area contributed by atoms with Crippen molar-refractivity contribution in [1.82, 2.24) is 4.72 Å². The van der Waals surface area contributed by atoms with Crippen molar-refractivity contribution >= 4 is 19.9 Å². The number of furan rings is 1. The summed E-state index contributed by atoms with van der Waals surface area (Å²) in [6.07, 6.45) is 2.35. The third kappa shape index (κ3) is 4.21. The van der Waals surface area contributed by atoms with Crippen molar-refractivity contribution in [2.75, 3.05) is 12.8 Å². The molecule has 8 heteroatoms. The first kappa shape index (κ1) is 17.7. The van der Waals surface area contributed by atoms with Crippen LogP contribution in [0.3, 0.4) is 0 Å². The summed E-state index contributed by atoms with van der Waals surface area (Å²) in [5.74, 6) is 0.196. The molecule has 6 nitrogen and oxygen atoms in total. The lowest BCUT2D eigenvalue weighted by molar-refractivity contribution is 0.487. The minimum Gasteiger partial charge on any atom is -0.468 e. The van der Waals surface area contributed by atoms with Crippen LogP contribution in [0.15, 0.2) is 45.9 Å². The Hall–Kier alpha value is -1.64. The van der Waals surface area contributed by atoms with Crippen molar-refractivity contribution in [2.24, 2.45) is 0 Å². The number of hydrogen-bond acceptors (Lipinski definition) is 5. The first-order valence-electron chi connectivity index (χ1n) is 6.90. The molecule has 0 aliphatic heterocycles. The summed E-state index contributed by atoms with van der Waals surface area (Å²) in [7, 11) is -7.35. The van der Waals surface area contributed by atoms with Crippen molar-refractivity contribution in [1.29, 1.82) is 0 Å². The number of aryl methyl sites for hydroxylation is 2. The van der Waals surface area contributed by atoms with Crippen LogP contribution in [-0.2, 0) is 19.9 Å². The molecule has 0 saturated carbocycles. The molecule has 0 saturated heterocycles. The highest BCUT2D eigenvalue weighted by Crippen LogP contribution is 2.31. The van der Waals surface area contributed by atoms with Crippen molar-refractivity contribution in [3.05, 3.63) is 53.5 Å². The van der Waals surface area contributed by atoms with Gasteiger partial charge in [0.2, 0.25) is 10.0 Å². The molecule has 1 heterocycles. The largest absolute Gasteiger partial charge is 0.468 e. The number of sulfone groups is 1.